The summed E-state index contributed by atoms with van der Waals surface area (Å²) < 4.78 is 5.27. The molecule has 0 radical (unpaired) electrons. The minimum atomic E-state index is 0.845. The van der Waals surface area contributed by atoms with Gasteiger partial charge in [0.25, 0.3) is 0 Å². The SMILES string of the molecule is Cc1cc2sncc2cc1N. The largest absolute Gasteiger partial charge is 0.398 e. The molecule has 0 fully saturated rings. The van der Waals surface area contributed by atoms with Gasteiger partial charge >= 0.3 is 0 Å². The van der Waals surface area contributed by atoms with E-state index in [1.807, 2.05) is 19.2 Å². The highest BCUT2D eigenvalue weighted by atomic mass is 32.1. The van der Waals surface area contributed by atoms with Gasteiger partial charge in [0.15, 0.2) is 0 Å². The first-order valence-corrected chi connectivity index (χ1v) is 4.15. The van der Waals surface area contributed by atoms with Crippen LogP contribution in [0.15, 0.2) is 18.3 Å². The number of rotatable bonds is 0. The van der Waals surface area contributed by atoms with Crippen molar-refractivity contribution in [2.75, 3.05) is 5.73 Å². The lowest BCUT2D eigenvalue weighted by molar-refractivity contribution is 1.51. The van der Waals surface area contributed by atoms with Crippen molar-refractivity contribution in [1.29, 1.82) is 0 Å². The molecule has 0 aliphatic carbocycles. The van der Waals surface area contributed by atoms with E-state index in [9.17, 15) is 0 Å². The Labute approximate surface area is 68.8 Å². The topological polar surface area (TPSA) is 38.9 Å². The van der Waals surface area contributed by atoms with E-state index in [2.05, 4.69) is 10.4 Å². The molecule has 1 aromatic heterocycles. The zero-order valence-electron chi connectivity index (χ0n) is 6.16. The molecule has 2 rings (SSSR count). The van der Waals surface area contributed by atoms with Gasteiger partial charge in [-0.2, -0.15) is 4.37 Å². The molecule has 0 bridgehead atoms. The van der Waals surface area contributed by atoms with Crippen molar-refractivity contribution in [2.45, 2.75) is 6.92 Å². The van der Waals surface area contributed by atoms with E-state index in [1.54, 1.807) is 0 Å². The summed E-state index contributed by atoms with van der Waals surface area (Å²) in [6.07, 6.45) is 1.84. The van der Waals surface area contributed by atoms with Crippen LogP contribution in [0, 0.1) is 6.92 Å². The third-order valence-corrected chi connectivity index (χ3v) is 2.50. The van der Waals surface area contributed by atoms with E-state index >= 15 is 0 Å². The molecule has 1 aromatic carbocycles. The number of nitrogens with two attached hydrogens (primary N) is 1. The van der Waals surface area contributed by atoms with Crippen LogP contribution >= 0.6 is 11.5 Å². The predicted molar refractivity (Wildman–Crippen MR) is 48.8 cm³/mol. The Hall–Kier alpha value is -1.09. The highest BCUT2D eigenvalue weighted by Gasteiger charge is 1.98. The fourth-order valence-corrected chi connectivity index (χ4v) is 1.76. The van der Waals surface area contributed by atoms with Crippen LogP contribution in [0.5, 0.6) is 0 Å². The van der Waals surface area contributed by atoms with Crippen LogP contribution in [-0.4, -0.2) is 4.37 Å². The highest BCUT2D eigenvalue weighted by molar-refractivity contribution is 7.13. The van der Waals surface area contributed by atoms with Gasteiger partial charge in [-0.15, -0.1) is 0 Å². The molecule has 0 saturated carbocycles. The summed E-state index contributed by atoms with van der Waals surface area (Å²) in [5.74, 6) is 0. The fourth-order valence-electron chi connectivity index (χ4n) is 1.04. The standard InChI is InChI=1S/C8H8N2S/c1-5-2-8-6(3-7(5)9)4-10-11-8/h2-4H,9H2,1H3. The summed E-state index contributed by atoms with van der Waals surface area (Å²) in [7, 11) is 0. The first-order valence-electron chi connectivity index (χ1n) is 3.38. The summed E-state index contributed by atoms with van der Waals surface area (Å²) in [5.41, 5.74) is 7.69. The number of benzene rings is 1. The number of nitrogen functional groups attached to an aromatic ring is 1. The average molecular weight is 164 g/mol. The molecule has 3 heteroatoms. The maximum atomic E-state index is 5.72. The maximum Gasteiger partial charge on any atom is 0.0554 e. The first kappa shape index (κ1) is 6.61. The second-order valence-electron chi connectivity index (χ2n) is 2.57. The van der Waals surface area contributed by atoms with Gasteiger partial charge in [0.05, 0.1) is 4.70 Å². The van der Waals surface area contributed by atoms with Crippen molar-refractivity contribution in [3.05, 3.63) is 23.9 Å². The van der Waals surface area contributed by atoms with Crippen molar-refractivity contribution >= 4 is 27.3 Å². The molecule has 0 unspecified atom stereocenters. The van der Waals surface area contributed by atoms with Gasteiger partial charge in [-0.25, -0.2) is 0 Å². The Morgan fingerprint density at radius 2 is 2.27 bits per heavy atom. The van der Waals surface area contributed by atoms with Crippen LogP contribution in [-0.2, 0) is 0 Å². The molecular weight excluding hydrogens is 156 g/mol. The van der Waals surface area contributed by atoms with E-state index in [0.717, 1.165) is 16.6 Å². The van der Waals surface area contributed by atoms with E-state index in [-0.39, 0.29) is 0 Å². The Morgan fingerprint density at radius 3 is 3.09 bits per heavy atom. The lowest BCUT2D eigenvalue weighted by Crippen LogP contribution is -1.87. The minimum absolute atomic E-state index is 0.845. The quantitative estimate of drug-likeness (QED) is 0.606. The number of anilines is 1. The summed E-state index contributed by atoms with van der Waals surface area (Å²) in [6, 6.07) is 4.04. The Balaban J connectivity index is 2.86. The van der Waals surface area contributed by atoms with Crippen LogP contribution in [0.3, 0.4) is 0 Å². The number of fused-ring (bicyclic) bond motifs is 1. The van der Waals surface area contributed by atoms with Crippen LogP contribution in [0.25, 0.3) is 10.1 Å². The van der Waals surface area contributed by atoms with Crippen molar-refractivity contribution in [3.8, 4) is 0 Å². The monoisotopic (exact) mass is 164 g/mol. The molecule has 1 heterocycles. The molecule has 2 N–H and O–H groups in total. The summed E-state index contributed by atoms with van der Waals surface area (Å²) in [6.45, 7) is 2.01. The molecule has 0 aliphatic rings. The van der Waals surface area contributed by atoms with Gasteiger partial charge in [-0.05, 0) is 36.2 Å². The normalized spacial score (nSPS) is 10.6. The Morgan fingerprint density at radius 1 is 1.45 bits per heavy atom. The summed E-state index contributed by atoms with van der Waals surface area (Å²) >= 11 is 1.50. The second kappa shape index (κ2) is 2.20. The van der Waals surface area contributed by atoms with Gasteiger partial charge in [0, 0.05) is 17.3 Å². The number of hydrogen-bond acceptors (Lipinski definition) is 3. The molecular formula is C8H8N2S. The predicted octanol–water partition coefficient (Wildman–Crippen LogP) is 2.19. The van der Waals surface area contributed by atoms with Crippen LogP contribution in [0.2, 0.25) is 0 Å². The molecule has 0 amide bonds. The first-order chi connectivity index (χ1) is 5.27. The zero-order valence-corrected chi connectivity index (χ0v) is 6.98. The van der Waals surface area contributed by atoms with E-state index in [4.69, 9.17) is 5.73 Å². The third kappa shape index (κ3) is 0.973. The smallest absolute Gasteiger partial charge is 0.0554 e. The molecule has 2 aromatic rings. The highest BCUT2D eigenvalue weighted by Crippen LogP contribution is 2.23. The molecule has 2 nitrogen and oxygen atoms in total. The van der Waals surface area contributed by atoms with Gasteiger partial charge < -0.3 is 5.73 Å². The Kier molecular flexibility index (Phi) is 1.32. The van der Waals surface area contributed by atoms with Gasteiger partial charge in [0.2, 0.25) is 0 Å². The molecule has 56 valence electrons. The average Bonchev–Trinajstić information content (AvgIpc) is 2.36. The minimum Gasteiger partial charge on any atom is -0.398 e. The van der Waals surface area contributed by atoms with Crippen LogP contribution in [0.1, 0.15) is 5.56 Å². The van der Waals surface area contributed by atoms with E-state index in [1.165, 1.54) is 16.2 Å². The molecule has 0 saturated heterocycles. The van der Waals surface area contributed by atoms with Crippen molar-refractivity contribution in [1.82, 2.24) is 4.37 Å². The van der Waals surface area contributed by atoms with E-state index in [0.29, 0.717) is 0 Å². The number of hydrogen-bond donors (Lipinski definition) is 1. The number of aryl methyl sites for hydroxylation is 1. The lowest BCUT2D eigenvalue weighted by atomic mass is 10.2. The fraction of sp³-hybridized carbons (Fsp3) is 0.125. The summed E-state index contributed by atoms with van der Waals surface area (Å²) in [4.78, 5) is 0. The van der Waals surface area contributed by atoms with E-state index < -0.39 is 0 Å². The van der Waals surface area contributed by atoms with Gasteiger partial charge in [-0.3, -0.25) is 0 Å². The van der Waals surface area contributed by atoms with Crippen molar-refractivity contribution in [3.63, 3.8) is 0 Å². The van der Waals surface area contributed by atoms with Crippen LogP contribution in [0.4, 0.5) is 5.69 Å². The van der Waals surface area contributed by atoms with Gasteiger partial charge in [-0.1, -0.05) is 0 Å². The zero-order chi connectivity index (χ0) is 7.84. The molecule has 0 atom stereocenters. The second-order valence-corrected chi connectivity index (χ2v) is 3.41. The van der Waals surface area contributed by atoms with Crippen LogP contribution < -0.4 is 5.73 Å². The Bertz CT molecular complexity index is 356. The van der Waals surface area contributed by atoms with Crippen molar-refractivity contribution < 1.29 is 0 Å². The molecule has 11 heavy (non-hydrogen) atoms. The summed E-state index contributed by atoms with van der Waals surface area (Å²) in [5, 5.41) is 1.14. The third-order valence-electron chi connectivity index (χ3n) is 1.74. The molecule has 0 spiro atoms. The number of aromatic nitrogens is 1. The molecule has 0 aliphatic heterocycles. The van der Waals surface area contributed by atoms with Crippen molar-refractivity contribution in [2.24, 2.45) is 0 Å². The lowest BCUT2D eigenvalue weighted by Gasteiger charge is -1.97. The maximum absolute atomic E-state index is 5.72. The number of nitrogens with zero attached hydrogens (tertiary/aromatic N) is 1. The van der Waals surface area contributed by atoms with Gasteiger partial charge in [0.1, 0.15) is 0 Å².